The molecule has 2 aromatic rings. The lowest BCUT2D eigenvalue weighted by Crippen LogP contribution is -2.47. The lowest BCUT2D eigenvalue weighted by atomic mass is 10.0. The summed E-state index contributed by atoms with van der Waals surface area (Å²) in [6.07, 6.45) is -1.08. The molecule has 7 heteroatoms. The van der Waals surface area contributed by atoms with Gasteiger partial charge in [0.1, 0.15) is 6.04 Å². The molecule has 156 valence electrons. The molecule has 2 rings (SSSR count). The molecular formula is C23H25N3O4. The fourth-order valence-corrected chi connectivity index (χ4v) is 2.72. The van der Waals surface area contributed by atoms with Gasteiger partial charge in [-0.05, 0) is 50.1 Å². The van der Waals surface area contributed by atoms with Gasteiger partial charge in [-0.3, -0.25) is 9.59 Å². The van der Waals surface area contributed by atoms with Crippen LogP contribution in [-0.4, -0.2) is 29.9 Å². The molecule has 2 aromatic carbocycles. The standard InChI is InChI=1S/C23H25N3O4/c1-14(2)20(26-22(28)18-9-5-7-15(3)11-18)23(29)30-16(4)21(27)25-19-10-6-8-17(12-19)13-24/h5-12,14,16,20H,1-4H3,(H,25,27)(H,26,28)/t16-,20-/m1/s1. The van der Waals surface area contributed by atoms with E-state index in [9.17, 15) is 14.4 Å². The summed E-state index contributed by atoms with van der Waals surface area (Å²) in [6.45, 7) is 6.87. The Balaban J connectivity index is 2.02. The second-order valence-electron chi connectivity index (χ2n) is 7.33. The number of rotatable bonds is 7. The van der Waals surface area contributed by atoms with Gasteiger partial charge in [-0.15, -0.1) is 0 Å². The maximum Gasteiger partial charge on any atom is 0.329 e. The van der Waals surface area contributed by atoms with Gasteiger partial charge in [0.2, 0.25) is 0 Å². The molecule has 0 saturated carbocycles. The van der Waals surface area contributed by atoms with Gasteiger partial charge in [0.25, 0.3) is 11.8 Å². The fourth-order valence-electron chi connectivity index (χ4n) is 2.72. The van der Waals surface area contributed by atoms with Gasteiger partial charge in [0.05, 0.1) is 11.6 Å². The minimum Gasteiger partial charge on any atom is -0.451 e. The Morgan fingerprint density at radius 2 is 1.73 bits per heavy atom. The molecule has 2 N–H and O–H groups in total. The summed E-state index contributed by atoms with van der Waals surface area (Å²) in [5.74, 6) is -1.86. The Kier molecular flexibility index (Phi) is 7.70. The van der Waals surface area contributed by atoms with Crippen molar-refractivity contribution in [3.05, 3.63) is 65.2 Å². The Labute approximate surface area is 176 Å². The third-order valence-electron chi connectivity index (χ3n) is 4.41. The van der Waals surface area contributed by atoms with Crippen LogP contribution in [-0.2, 0) is 14.3 Å². The fraction of sp³-hybridized carbons (Fsp3) is 0.304. The molecule has 0 aromatic heterocycles. The highest BCUT2D eigenvalue weighted by molar-refractivity contribution is 5.98. The van der Waals surface area contributed by atoms with Crippen LogP contribution in [0.25, 0.3) is 0 Å². The molecule has 0 unspecified atom stereocenters. The van der Waals surface area contributed by atoms with Crippen molar-refractivity contribution in [1.29, 1.82) is 5.26 Å². The molecule has 30 heavy (non-hydrogen) atoms. The number of nitrogens with one attached hydrogen (secondary N) is 2. The largest absolute Gasteiger partial charge is 0.451 e. The van der Waals surface area contributed by atoms with Crippen LogP contribution in [0.2, 0.25) is 0 Å². The molecule has 0 heterocycles. The van der Waals surface area contributed by atoms with Crippen LogP contribution in [0, 0.1) is 24.2 Å². The molecule has 0 saturated heterocycles. The van der Waals surface area contributed by atoms with Crippen LogP contribution < -0.4 is 10.6 Å². The highest BCUT2D eigenvalue weighted by Gasteiger charge is 2.29. The molecule has 0 radical (unpaired) electrons. The summed E-state index contributed by atoms with van der Waals surface area (Å²) in [5.41, 5.74) is 2.19. The summed E-state index contributed by atoms with van der Waals surface area (Å²) < 4.78 is 5.29. The SMILES string of the molecule is Cc1cccc(C(=O)N[C@@H](C(=O)O[C@H](C)C(=O)Nc2cccc(C#N)c2)C(C)C)c1. The third kappa shape index (κ3) is 6.17. The van der Waals surface area contributed by atoms with E-state index in [0.29, 0.717) is 16.8 Å². The number of carbonyl (C=O) groups is 3. The van der Waals surface area contributed by atoms with E-state index in [-0.39, 0.29) is 11.8 Å². The number of hydrogen-bond acceptors (Lipinski definition) is 5. The molecule has 0 bridgehead atoms. The molecule has 7 nitrogen and oxygen atoms in total. The zero-order chi connectivity index (χ0) is 22.3. The van der Waals surface area contributed by atoms with E-state index < -0.39 is 24.0 Å². The number of benzene rings is 2. The topological polar surface area (TPSA) is 108 Å². The van der Waals surface area contributed by atoms with Gasteiger partial charge in [-0.1, -0.05) is 37.6 Å². The molecule has 2 amide bonds. The average molecular weight is 407 g/mol. The molecule has 2 atom stereocenters. The van der Waals surface area contributed by atoms with Crippen molar-refractivity contribution in [3.63, 3.8) is 0 Å². The number of ether oxygens (including phenoxy) is 1. The van der Waals surface area contributed by atoms with Gasteiger partial charge in [0.15, 0.2) is 6.10 Å². The van der Waals surface area contributed by atoms with E-state index in [2.05, 4.69) is 10.6 Å². The highest BCUT2D eigenvalue weighted by Crippen LogP contribution is 2.13. The normalized spacial score (nSPS) is 12.4. The minimum atomic E-state index is -1.08. The first-order valence-electron chi connectivity index (χ1n) is 9.60. The second kappa shape index (κ2) is 10.2. The molecular weight excluding hydrogens is 382 g/mol. The van der Waals surface area contributed by atoms with Crippen LogP contribution in [0.5, 0.6) is 0 Å². The molecule has 0 fully saturated rings. The smallest absolute Gasteiger partial charge is 0.329 e. The van der Waals surface area contributed by atoms with Crippen molar-refractivity contribution in [2.75, 3.05) is 5.32 Å². The van der Waals surface area contributed by atoms with Crippen molar-refractivity contribution >= 4 is 23.5 Å². The van der Waals surface area contributed by atoms with E-state index >= 15 is 0 Å². The van der Waals surface area contributed by atoms with Gasteiger partial charge in [-0.2, -0.15) is 5.26 Å². The van der Waals surface area contributed by atoms with Crippen molar-refractivity contribution in [1.82, 2.24) is 5.32 Å². The van der Waals surface area contributed by atoms with Crippen molar-refractivity contribution in [2.45, 2.75) is 39.8 Å². The van der Waals surface area contributed by atoms with Gasteiger partial charge >= 0.3 is 5.97 Å². The van der Waals surface area contributed by atoms with E-state index in [4.69, 9.17) is 10.00 Å². The zero-order valence-electron chi connectivity index (χ0n) is 17.4. The lowest BCUT2D eigenvalue weighted by Gasteiger charge is -2.23. The zero-order valence-corrected chi connectivity index (χ0v) is 17.4. The highest BCUT2D eigenvalue weighted by atomic mass is 16.5. The van der Waals surface area contributed by atoms with E-state index in [0.717, 1.165) is 5.56 Å². The summed E-state index contributed by atoms with van der Waals surface area (Å²) in [4.78, 5) is 37.5. The van der Waals surface area contributed by atoms with Gasteiger partial charge < -0.3 is 15.4 Å². The average Bonchev–Trinajstić information content (AvgIpc) is 2.71. The predicted molar refractivity (Wildman–Crippen MR) is 113 cm³/mol. The summed E-state index contributed by atoms with van der Waals surface area (Å²) >= 11 is 0. The minimum absolute atomic E-state index is 0.242. The van der Waals surface area contributed by atoms with E-state index in [1.807, 2.05) is 19.1 Å². The third-order valence-corrected chi connectivity index (χ3v) is 4.41. The number of nitriles is 1. The Morgan fingerprint density at radius 3 is 2.37 bits per heavy atom. The first-order valence-corrected chi connectivity index (χ1v) is 9.60. The number of nitrogens with zero attached hydrogens (tertiary/aromatic N) is 1. The first kappa shape index (κ1) is 22.6. The van der Waals surface area contributed by atoms with Crippen molar-refractivity contribution < 1.29 is 19.1 Å². The van der Waals surface area contributed by atoms with Gasteiger partial charge in [0, 0.05) is 11.3 Å². The monoisotopic (exact) mass is 407 g/mol. The molecule has 0 aliphatic rings. The number of hydrogen-bond donors (Lipinski definition) is 2. The summed E-state index contributed by atoms with van der Waals surface area (Å²) in [7, 11) is 0. The van der Waals surface area contributed by atoms with Crippen LogP contribution in [0.4, 0.5) is 5.69 Å². The van der Waals surface area contributed by atoms with Crippen LogP contribution in [0.15, 0.2) is 48.5 Å². The maximum atomic E-state index is 12.6. The predicted octanol–water partition coefficient (Wildman–Crippen LogP) is 3.19. The molecule has 0 spiro atoms. The Hall–Kier alpha value is -3.66. The van der Waals surface area contributed by atoms with E-state index in [1.165, 1.54) is 13.0 Å². The number of amides is 2. The summed E-state index contributed by atoms with van der Waals surface area (Å²) in [5, 5.41) is 14.2. The first-order chi connectivity index (χ1) is 14.2. The Bertz CT molecular complexity index is 978. The van der Waals surface area contributed by atoms with Gasteiger partial charge in [-0.25, -0.2) is 4.79 Å². The maximum absolute atomic E-state index is 12.6. The van der Waals surface area contributed by atoms with E-state index in [1.54, 1.807) is 50.2 Å². The van der Waals surface area contributed by atoms with Crippen LogP contribution in [0.1, 0.15) is 42.3 Å². The Morgan fingerprint density at radius 1 is 1.03 bits per heavy atom. The quantitative estimate of drug-likeness (QED) is 0.685. The number of carbonyl (C=O) groups excluding carboxylic acids is 3. The van der Waals surface area contributed by atoms with Crippen molar-refractivity contribution in [3.8, 4) is 6.07 Å². The van der Waals surface area contributed by atoms with Crippen LogP contribution in [0.3, 0.4) is 0 Å². The van der Waals surface area contributed by atoms with Crippen LogP contribution >= 0.6 is 0 Å². The summed E-state index contributed by atoms with van der Waals surface area (Å²) in [6, 6.07) is 14.5. The molecule has 0 aliphatic heterocycles. The number of aryl methyl sites for hydroxylation is 1. The lowest BCUT2D eigenvalue weighted by molar-refractivity contribution is -0.156. The number of esters is 1. The second-order valence-corrected chi connectivity index (χ2v) is 7.33. The molecule has 0 aliphatic carbocycles. The number of anilines is 1. The van der Waals surface area contributed by atoms with Crippen molar-refractivity contribution in [2.24, 2.45) is 5.92 Å².